The van der Waals surface area contributed by atoms with Crippen LogP contribution in [0.3, 0.4) is 0 Å². The molecule has 0 aliphatic carbocycles. The second kappa shape index (κ2) is 6.12. The van der Waals surface area contributed by atoms with Gasteiger partial charge in [-0.05, 0) is 12.5 Å². The average Bonchev–Trinajstić information content (AvgIpc) is 2.37. The molecule has 17 heavy (non-hydrogen) atoms. The van der Waals surface area contributed by atoms with Gasteiger partial charge < -0.3 is 14.9 Å². The third-order valence-electron chi connectivity index (χ3n) is 2.24. The topological polar surface area (TPSA) is 83.8 Å². The van der Waals surface area contributed by atoms with E-state index >= 15 is 0 Å². The molecular formula is C12H14O5. The Hall–Kier alpha value is -1.72. The summed E-state index contributed by atoms with van der Waals surface area (Å²) >= 11 is 0. The maximum Gasteiger partial charge on any atom is 0.338 e. The van der Waals surface area contributed by atoms with Crippen molar-refractivity contribution in [3.05, 3.63) is 35.4 Å². The zero-order valence-electron chi connectivity index (χ0n) is 9.37. The summed E-state index contributed by atoms with van der Waals surface area (Å²) in [6.07, 6.45) is -2.33. The van der Waals surface area contributed by atoms with Crippen LogP contribution in [0.25, 0.3) is 0 Å². The van der Waals surface area contributed by atoms with Gasteiger partial charge in [0.1, 0.15) is 12.4 Å². The normalized spacial score (nSPS) is 13.8. The van der Waals surface area contributed by atoms with Gasteiger partial charge in [0, 0.05) is 5.56 Å². The van der Waals surface area contributed by atoms with E-state index in [1.165, 1.54) is 24.3 Å². The molecular weight excluding hydrogens is 224 g/mol. The standard InChI is InChI=1S/C12H14O5/c1-2-17-12(16)11(15)10(14)9-5-3-8(7-13)4-6-9/h3-7,10-11,14-15H,2H2,1H3. The monoisotopic (exact) mass is 238 g/mol. The van der Waals surface area contributed by atoms with Crippen LogP contribution in [-0.2, 0) is 9.53 Å². The van der Waals surface area contributed by atoms with Crippen molar-refractivity contribution in [2.75, 3.05) is 6.61 Å². The number of ether oxygens (including phenoxy) is 1. The van der Waals surface area contributed by atoms with E-state index in [0.29, 0.717) is 17.4 Å². The molecule has 0 heterocycles. The summed E-state index contributed by atoms with van der Waals surface area (Å²) in [4.78, 5) is 21.6. The number of aldehydes is 1. The van der Waals surface area contributed by atoms with Crippen molar-refractivity contribution in [1.82, 2.24) is 0 Å². The first-order valence-electron chi connectivity index (χ1n) is 5.18. The van der Waals surface area contributed by atoms with Crippen LogP contribution in [0.15, 0.2) is 24.3 Å². The van der Waals surface area contributed by atoms with E-state index in [4.69, 9.17) is 0 Å². The predicted octanol–water partition coefficient (Wildman–Crippen LogP) is 0.457. The fourth-order valence-electron chi connectivity index (χ4n) is 1.31. The van der Waals surface area contributed by atoms with Gasteiger partial charge in [0.2, 0.25) is 0 Å². The zero-order valence-corrected chi connectivity index (χ0v) is 9.37. The third kappa shape index (κ3) is 3.37. The minimum absolute atomic E-state index is 0.132. The van der Waals surface area contributed by atoms with Gasteiger partial charge >= 0.3 is 5.97 Å². The number of carbonyl (C=O) groups is 2. The highest BCUT2D eigenvalue weighted by atomic mass is 16.5. The molecule has 5 nitrogen and oxygen atoms in total. The number of benzene rings is 1. The summed E-state index contributed by atoms with van der Waals surface area (Å²) < 4.78 is 4.59. The second-order valence-electron chi connectivity index (χ2n) is 3.43. The van der Waals surface area contributed by atoms with E-state index in [-0.39, 0.29) is 6.61 Å². The lowest BCUT2D eigenvalue weighted by molar-refractivity contribution is -0.159. The summed E-state index contributed by atoms with van der Waals surface area (Å²) in [5, 5.41) is 19.2. The van der Waals surface area contributed by atoms with Gasteiger partial charge in [-0.2, -0.15) is 0 Å². The highest BCUT2D eigenvalue weighted by Gasteiger charge is 2.26. The number of aliphatic hydroxyl groups excluding tert-OH is 2. The molecule has 0 saturated carbocycles. The fourth-order valence-corrected chi connectivity index (χ4v) is 1.31. The van der Waals surface area contributed by atoms with Crippen molar-refractivity contribution >= 4 is 12.3 Å². The van der Waals surface area contributed by atoms with E-state index in [1.54, 1.807) is 6.92 Å². The second-order valence-corrected chi connectivity index (χ2v) is 3.43. The van der Waals surface area contributed by atoms with Crippen LogP contribution < -0.4 is 0 Å². The number of hydrogen-bond donors (Lipinski definition) is 2. The Balaban J connectivity index is 2.77. The van der Waals surface area contributed by atoms with Gasteiger partial charge in [0.05, 0.1) is 6.61 Å². The Morgan fingerprint density at radius 2 is 1.94 bits per heavy atom. The number of esters is 1. The largest absolute Gasteiger partial charge is 0.464 e. The highest BCUT2D eigenvalue weighted by Crippen LogP contribution is 2.18. The van der Waals surface area contributed by atoms with Crippen LogP contribution in [-0.4, -0.2) is 35.2 Å². The van der Waals surface area contributed by atoms with Gasteiger partial charge in [-0.3, -0.25) is 4.79 Å². The van der Waals surface area contributed by atoms with Crippen molar-refractivity contribution in [3.8, 4) is 0 Å². The lowest BCUT2D eigenvalue weighted by atomic mass is 10.0. The smallest absolute Gasteiger partial charge is 0.338 e. The molecule has 0 radical (unpaired) electrons. The van der Waals surface area contributed by atoms with Crippen LogP contribution in [0.1, 0.15) is 28.9 Å². The molecule has 2 N–H and O–H groups in total. The first kappa shape index (κ1) is 13.3. The maximum atomic E-state index is 11.2. The minimum Gasteiger partial charge on any atom is -0.464 e. The highest BCUT2D eigenvalue weighted by molar-refractivity contribution is 5.76. The van der Waals surface area contributed by atoms with Gasteiger partial charge in [0.15, 0.2) is 6.10 Å². The van der Waals surface area contributed by atoms with Crippen molar-refractivity contribution in [3.63, 3.8) is 0 Å². The fraction of sp³-hybridized carbons (Fsp3) is 0.333. The Labute approximate surface area is 98.6 Å². The molecule has 0 aliphatic rings. The van der Waals surface area contributed by atoms with Crippen molar-refractivity contribution < 1.29 is 24.5 Å². The van der Waals surface area contributed by atoms with Gasteiger partial charge in [0.25, 0.3) is 0 Å². The van der Waals surface area contributed by atoms with E-state index in [1.807, 2.05) is 0 Å². The number of rotatable bonds is 5. The summed E-state index contributed by atoms with van der Waals surface area (Å²) in [5.74, 6) is -0.875. The third-order valence-corrected chi connectivity index (χ3v) is 2.24. The average molecular weight is 238 g/mol. The predicted molar refractivity (Wildman–Crippen MR) is 59.4 cm³/mol. The van der Waals surface area contributed by atoms with Gasteiger partial charge in [-0.15, -0.1) is 0 Å². The molecule has 0 aliphatic heterocycles. The van der Waals surface area contributed by atoms with Crippen LogP contribution in [0, 0.1) is 0 Å². The molecule has 0 fully saturated rings. The first-order valence-corrected chi connectivity index (χ1v) is 5.18. The maximum absolute atomic E-state index is 11.2. The lowest BCUT2D eigenvalue weighted by Gasteiger charge is -2.16. The van der Waals surface area contributed by atoms with Crippen LogP contribution in [0.5, 0.6) is 0 Å². The van der Waals surface area contributed by atoms with Crippen molar-refractivity contribution in [2.45, 2.75) is 19.1 Å². The van der Waals surface area contributed by atoms with E-state index in [9.17, 15) is 19.8 Å². The summed E-state index contributed by atoms with van der Waals surface area (Å²) in [5.41, 5.74) is 0.794. The van der Waals surface area contributed by atoms with E-state index in [2.05, 4.69) is 4.74 Å². The molecule has 0 spiro atoms. The summed E-state index contributed by atoms with van der Waals surface area (Å²) in [7, 11) is 0. The van der Waals surface area contributed by atoms with Crippen molar-refractivity contribution in [2.24, 2.45) is 0 Å². The Bertz CT molecular complexity index is 384. The molecule has 1 aromatic rings. The zero-order chi connectivity index (χ0) is 12.8. The first-order chi connectivity index (χ1) is 8.10. The number of hydrogen-bond acceptors (Lipinski definition) is 5. The minimum atomic E-state index is -1.63. The van der Waals surface area contributed by atoms with Crippen LogP contribution >= 0.6 is 0 Å². The quantitative estimate of drug-likeness (QED) is 0.575. The molecule has 0 bridgehead atoms. The molecule has 0 saturated heterocycles. The van der Waals surface area contributed by atoms with Crippen LogP contribution in [0.4, 0.5) is 0 Å². The SMILES string of the molecule is CCOC(=O)C(O)C(O)c1ccc(C=O)cc1. The molecule has 0 aromatic heterocycles. The number of aliphatic hydroxyl groups is 2. The summed E-state index contributed by atoms with van der Waals surface area (Å²) in [6, 6.07) is 5.92. The number of carbonyl (C=O) groups excluding carboxylic acids is 2. The molecule has 2 unspecified atom stereocenters. The Morgan fingerprint density at radius 1 is 1.35 bits per heavy atom. The van der Waals surface area contributed by atoms with Gasteiger partial charge in [-0.1, -0.05) is 24.3 Å². The van der Waals surface area contributed by atoms with Crippen LogP contribution in [0.2, 0.25) is 0 Å². The Kier molecular flexibility index (Phi) is 4.81. The van der Waals surface area contributed by atoms with E-state index in [0.717, 1.165) is 0 Å². The molecule has 1 aromatic carbocycles. The Morgan fingerprint density at radius 3 is 2.41 bits per heavy atom. The molecule has 5 heteroatoms. The van der Waals surface area contributed by atoms with E-state index < -0.39 is 18.2 Å². The molecule has 2 atom stereocenters. The molecule has 1 rings (SSSR count). The molecule has 0 amide bonds. The van der Waals surface area contributed by atoms with Gasteiger partial charge in [-0.25, -0.2) is 4.79 Å². The lowest BCUT2D eigenvalue weighted by Crippen LogP contribution is -2.29. The van der Waals surface area contributed by atoms with Crippen molar-refractivity contribution in [1.29, 1.82) is 0 Å². The summed E-state index contributed by atoms with van der Waals surface area (Å²) in [6.45, 7) is 1.74. The molecule has 92 valence electrons.